The molecule has 3 rings (SSSR count). The van der Waals surface area contributed by atoms with Gasteiger partial charge >= 0.3 is 0 Å². The van der Waals surface area contributed by atoms with Crippen molar-refractivity contribution in [2.45, 2.75) is 58.0 Å². The molecule has 1 aliphatic rings. The Labute approximate surface area is 127 Å². The Morgan fingerprint density at radius 1 is 1.38 bits per heavy atom. The normalized spacial score (nSPS) is 24.9. The zero-order valence-corrected chi connectivity index (χ0v) is 13.3. The predicted molar refractivity (Wildman–Crippen MR) is 86.3 cm³/mol. The molecule has 0 saturated carbocycles. The number of aromatic nitrogens is 2. The molecule has 0 amide bonds. The van der Waals surface area contributed by atoms with Gasteiger partial charge in [-0.2, -0.15) is 5.10 Å². The van der Waals surface area contributed by atoms with Crippen LogP contribution in [0.1, 0.15) is 55.1 Å². The maximum Gasteiger partial charge on any atom is 0.0596 e. The van der Waals surface area contributed by atoms with E-state index in [-0.39, 0.29) is 5.54 Å². The van der Waals surface area contributed by atoms with Crippen LogP contribution in [-0.4, -0.2) is 9.78 Å². The molecule has 0 fully saturated rings. The van der Waals surface area contributed by atoms with Gasteiger partial charge in [-0.25, -0.2) is 0 Å². The number of rotatable bonds is 3. The molecule has 1 aliphatic carbocycles. The molecule has 3 nitrogen and oxygen atoms in total. The van der Waals surface area contributed by atoms with E-state index in [0.717, 1.165) is 31.5 Å². The summed E-state index contributed by atoms with van der Waals surface area (Å²) in [5.41, 5.74) is 11.7. The molecule has 2 atom stereocenters. The van der Waals surface area contributed by atoms with Gasteiger partial charge in [0.05, 0.1) is 5.69 Å². The van der Waals surface area contributed by atoms with Crippen molar-refractivity contribution < 1.29 is 0 Å². The van der Waals surface area contributed by atoms with E-state index >= 15 is 0 Å². The summed E-state index contributed by atoms with van der Waals surface area (Å²) in [6.07, 6.45) is 3.07. The quantitative estimate of drug-likeness (QED) is 0.937. The third kappa shape index (κ3) is 2.51. The van der Waals surface area contributed by atoms with Crippen LogP contribution < -0.4 is 5.73 Å². The summed E-state index contributed by atoms with van der Waals surface area (Å²) in [4.78, 5) is 0. The monoisotopic (exact) mass is 283 g/mol. The van der Waals surface area contributed by atoms with Gasteiger partial charge < -0.3 is 5.73 Å². The van der Waals surface area contributed by atoms with E-state index in [1.54, 1.807) is 0 Å². The molecule has 21 heavy (non-hydrogen) atoms. The lowest BCUT2D eigenvalue weighted by atomic mass is 9.71. The van der Waals surface area contributed by atoms with Gasteiger partial charge in [-0.3, -0.25) is 4.68 Å². The molecule has 2 unspecified atom stereocenters. The summed E-state index contributed by atoms with van der Waals surface area (Å²) in [5.74, 6) is 0.607. The Balaban J connectivity index is 2.00. The molecule has 3 heteroatoms. The average Bonchev–Trinajstić information content (AvgIpc) is 2.83. The standard InChI is InChI=1S/C18H25N3/c1-4-21-15(11-14(3)20-21)12-18(19)10-9-13(2)16-7-5-6-8-17(16)18/h5-8,11,13H,4,9-10,12,19H2,1-3H3. The van der Waals surface area contributed by atoms with Crippen LogP contribution in [0.15, 0.2) is 30.3 Å². The summed E-state index contributed by atoms with van der Waals surface area (Å²) < 4.78 is 2.09. The van der Waals surface area contributed by atoms with E-state index in [4.69, 9.17) is 5.73 Å². The predicted octanol–water partition coefficient (Wildman–Crippen LogP) is 3.51. The van der Waals surface area contributed by atoms with Gasteiger partial charge in [-0.05, 0) is 49.8 Å². The number of fused-ring (bicyclic) bond motifs is 1. The molecule has 0 saturated heterocycles. The lowest BCUT2D eigenvalue weighted by molar-refractivity contribution is 0.340. The molecule has 2 N–H and O–H groups in total. The van der Waals surface area contributed by atoms with Crippen molar-refractivity contribution in [3.63, 3.8) is 0 Å². The minimum atomic E-state index is -0.261. The van der Waals surface area contributed by atoms with Crippen molar-refractivity contribution in [2.75, 3.05) is 0 Å². The first-order valence-corrected chi connectivity index (χ1v) is 7.95. The highest BCUT2D eigenvalue weighted by Gasteiger charge is 2.36. The first-order chi connectivity index (χ1) is 10.0. The lowest BCUT2D eigenvalue weighted by Gasteiger charge is -2.38. The van der Waals surface area contributed by atoms with E-state index in [2.05, 4.69) is 60.9 Å². The van der Waals surface area contributed by atoms with Gasteiger partial charge in [-0.15, -0.1) is 0 Å². The van der Waals surface area contributed by atoms with Gasteiger partial charge in [0, 0.05) is 24.2 Å². The van der Waals surface area contributed by atoms with E-state index in [1.807, 2.05) is 0 Å². The number of nitrogens with zero attached hydrogens (tertiary/aromatic N) is 2. The number of benzene rings is 1. The topological polar surface area (TPSA) is 43.8 Å². The third-order valence-electron chi connectivity index (χ3n) is 4.83. The molecule has 0 radical (unpaired) electrons. The summed E-state index contributed by atoms with van der Waals surface area (Å²) in [7, 11) is 0. The second-order valence-corrected chi connectivity index (χ2v) is 6.45. The van der Waals surface area contributed by atoms with Crippen molar-refractivity contribution in [3.05, 3.63) is 52.8 Å². The second kappa shape index (κ2) is 5.30. The smallest absolute Gasteiger partial charge is 0.0596 e. The molecule has 0 aliphatic heterocycles. The van der Waals surface area contributed by atoms with E-state index < -0.39 is 0 Å². The zero-order valence-electron chi connectivity index (χ0n) is 13.3. The molecule has 1 heterocycles. The Morgan fingerprint density at radius 2 is 2.14 bits per heavy atom. The molecular weight excluding hydrogens is 258 g/mol. The summed E-state index contributed by atoms with van der Waals surface area (Å²) in [6.45, 7) is 7.39. The van der Waals surface area contributed by atoms with E-state index in [0.29, 0.717) is 5.92 Å². The Hall–Kier alpha value is -1.61. The van der Waals surface area contributed by atoms with Crippen LogP contribution in [0.25, 0.3) is 0 Å². The van der Waals surface area contributed by atoms with Crippen LogP contribution in [-0.2, 0) is 18.5 Å². The Kier molecular flexibility index (Phi) is 3.62. The third-order valence-corrected chi connectivity index (χ3v) is 4.83. The summed E-state index contributed by atoms with van der Waals surface area (Å²) in [6, 6.07) is 10.9. The number of aryl methyl sites for hydroxylation is 2. The maximum absolute atomic E-state index is 6.86. The summed E-state index contributed by atoms with van der Waals surface area (Å²) in [5, 5.41) is 4.56. The lowest BCUT2D eigenvalue weighted by Crippen LogP contribution is -2.43. The highest BCUT2D eigenvalue weighted by Crippen LogP contribution is 2.41. The molecule has 2 aromatic rings. The average molecular weight is 283 g/mol. The molecule has 0 spiro atoms. The van der Waals surface area contributed by atoms with Crippen LogP contribution >= 0.6 is 0 Å². The fraction of sp³-hybridized carbons (Fsp3) is 0.500. The number of hydrogen-bond donors (Lipinski definition) is 1. The van der Waals surface area contributed by atoms with Crippen molar-refractivity contribution >= 4 is 0 Å². The minimum Gasteiger partial charge on any atom is -0.321 e. The first-order valence-electron chi connectivity index (χ1n) is 7.95. The van der Waals surface area contributed by atoms with Gasteiger partial charge in [0.2, 0.25) is 0 Å². The van der Waals surface area contributed by atoms with E-state index in [1.165, 1.54) is 16.8 Å². The molecular formula is C18H25N3. The second-order valence-electron chi connectivity index (χ2n) is 6.45. The fourth-order valence-corrected chi connectivity index (χ4v) is 3.67. The Bertz CT molecular complexity index is 644. The van der Waals surface area contributed by atoms with Crippen LogP contribution in [0.2, 0.25) is 0 Å². The zero-order chi connectivity index (χ0) is 15.0. The maximum atomic E-state index is 6.86. The first kappa shape index (κ1) is 14.3. The van der Waals surface area contributed by atoms with Gasteiger partial charge in [0.25, 0.3) is 0 Å². The SMILES string of the molecule is CCn1nc(C)cc1CC1(N)CCC(C)c2ccccc21. The van der Waals surface area contributed by atoms with Crippen LogP contribution in [0.4, 0.5) is 0 Å². The van der Waals surface area contributed by atoms with E-state index in [9.17, 15) is 0 Å². The van der Waals surface area contributed by atoms with Crippen molar-refractivity contribution in [1.29, 1.82) is 0 Å². The highest BCUT2D eigenvalue weighted by atomic mass is 15.3. The number of hydrogen-bond acceptors (Lipinski definition) is 2. The molecule has 1 aromatic heterocycles. The van der Waals surface area contributed by atoms with Crippen molar-refractivity contribution in [2.24, 2.45) is 5.73 Å². The Morgan fingerprint density at radius 3 is 2.90 bits per heavy atom. The molecule has 0 bridgehead atoms. The van der Waals surface area contributed by atoms with Gasteiger partial charge in [0.1, 0.15) is 0 Å². The fourth-order valence-electron chi connectivity index (χ4n) is 3.67. The highest BCUT2D eigenvalue weighted by molar-refractivity contribution is 5.39. The minimum absolute atomic E-state index is 0.261. The van der Waals surface area contributed by atoms with Gasteiger partial charge in [-0.1, -0.05) is 31.2 Å². The van der Waals surface area contributed by atoms with Crippen LogP contribution in [0.5, 0.6) is 0 Å². The van der Waals surface area contributed by atoms with Crippen molar-refractivity contribution in [1.82, 2.24) is 9.78 Å². The molecule has 1 aromatic carbocycles. The van der Waals surface area contributed by atoms with Crippen LogP contribution in [0, 0.1) is 6.92 Å². The summed E-state index contributed by atoms with van der Waals surface area (Å²) >= 11 is 0. The van der Waals surface area contributed by atoms with Crippen LogP contribution in [0.3, 0.4) is 0 Å². The van der Waals surface area contributed by atoms with Gasteiger partial charge in [0.15, 0.2) is 0 Å². The largest absolute Gasteiger partial charge is 0.321 e. The molecule has 112 valence electrons. The number of nitrogens with two attached hydrogens (primary N) is 1. The van der Waals surface area contributed by atoms with Crippen molar-refractivity contribution in [3.8, 4) is 0 Å².